The lowest BCUT2D eigenvalue weighted by Crippen LogP contribution is -2.28. The maximum absolute atomic E-state index is 6.04. The molecule has 3 heteroatoms. The minimum atomic E-state index is -0.467. The predicted molar refractivity (Wildman–Crippen MR) is 101 cm³/mol. The summed E-state index contributed by atoms with van der Waals surface area (Å²) in [5.74, 6) is -0.467. The smallest absolute Gasteiger partial charge is 0.163 e. The number of hydrogen-bond acceptors (Lipinski definition) is 3. The number of rotatable bonds is 11. The van der Waals surface area contributed by atoms with E-state index in [0.29, 0.717) is 18.6 Å². The highest BCUT2D eigenvalue weighted by Gasteiger charge is 2.33. The third-order valence-corrected chi connectivity index (χ3v) is 5.96. The van der Waals surface area contributed by atoms with Crippen LogP contribution in [0.15, 0.2) is 12.2 Å². The molecule has 0 saturated carbocycles. The van der Waals surface area contributed by atoms with Crippen molar-refractivity contribution in [3.63, 3.8) is 0 Å². The molecule has 0 aromatic carbocycles. The van der Waals surface area contributed by atoms with Gasteiger partial charge in [0, 0.05) is 5.41 Å². The highest BCUT2D eigenvalue weighted by atomic mass is 16.7. The van der Waals surface area contributed by atoms with E-state index in [-0.39, 0.29) is 11.5 Å². The molecule has 1 rings (SSSR count). The third kappa shape index (κ3) is 6.50. The van der Waals surface area contributed by atoms with E-state index in [2.05, 4.69) is 46.8 Å². The molecule has 142 valence electrons. The van der Waals surface area contributed by atoms with Crippen molar-refractivity contribution in [1.82, 2.24) is 0 Å². The van der Waals surface area contributed by atoms with Crippen LogP contribution < -0.4 is 0 Å². The standard InChI is InChI=1S/C21H40O3/c1-8-20(7,9-2)13-12-14-21(10-3,11-4)17-22-15-18-16-23-19(5,6)24-18/h12,14,18H,8-11,13,15-17H2,1-7H3. The van der Waals surface area contributed by atoms with Gasteiger partial charge < -0.3 is 14.2 Å². The molecule has 24 heavy (non-hydrogen) atoms. The number of hydrogen-bond donors (Lipinski definition) is 0. The zero-order valence-electron chi connectivity index (χ0n) is 17.1. The summed E-state index contributed by atoms with van der Waals surface area (Å²) in [6.07, 6.45) is 10.7. The molecule has 0 spiro atoms. The van der Waals surface area contributed by atoms with Gasteiger partial charge in [-0.2, -0.15) is 0 Å². The third-order valence-electron chi connectivity index (χ3n) is 5.96. The minimum absolute atomic E-state index is 0.0545. The molecule has 1 unspecified atom stereocenters. The zero-order valence-corrected chi connectivity index (χ0v) is 17.1. The average Bonchev–Trinajstić information content (AvgIpc) is 2.92. The molecule has 1 atom stereocenters. The van der Waals surface area contributed by atoms with E-state index >= 15 is 0 Å². The Morgan fingerprint density at radius 1 is 1.08 bits per heavy atom. The number of allylic oxidation sites excluding steroid dienone is 1. The summed E-state index contributed by atoms with van der Waals surface area (Å²) in [6.45, 7) is 17.4. The molecule has 0 N–H and O–H groups in total. The molecule has 0 aromatic rings. The van der Waals surface area contributed by atoms with E-state index in [4.69, 9.17) is 14.2 Å². The average molecular weight is 341 g/mol. The van der Waals surface area contributed by atoms with Crippen molar-refractivity contribution in [3.8, 4) is 0 Å². The Balaban J connectivity index is 2.52. The van der Waals surface area contributed by atoms with Gasteiger partial charge in [-0.1, -0.05) is 59.6 Å². The Bertz CT molecular complexity index is 379. The molecule has 1 fully saturated rings. The largest absolute Gasteiger partial charge is 0.378 e. The Kier molecular flexibility index (Phi) is 8.44. The van der Waals surface area contributed by atoms with Crippen LogP contribution >= 0.6 is 0 Å². The SMILES string of the molecule is CCC(C)(CC)CC=CC(CC)(CC)COCC1COC(C)(C)O1. The lowest BCUT2D eigenvalue weighted by atomic mass is 9.78. The van der Waals surface area contributed by atoms with Crippen LogP contribution in [0.1, 0.15) is 80.6 Å². The van der Waals surface area contributed by atoms with Gasteiger partial charge in [0.2, 0.25) is 0 Å². The first-order chi connectivity index (χ1) is 11.2. The zero-order chi connectivity index (χ0) is 18.3. The summed E-state index contributed by atoms with van der Waals surface area (Å²) < 4.78 is 17.5. The molecular weight excluding hydrogens is 300 g/mol. The van der Waals surface area contributed by atoms with Crippen LogP contribution in [0.3, 0.4) is 0 Å². The highest BCUT2D eigenvalue weighted by molar-refractivity contribution is 5.00. The maximum atomic E-state index is 6.04. The predicted octanol–water partition coefficient (Wildman–Crippen LogP) is 5.73. The Labute approximate surface area is 150 Å². The van der Waals surface area contributed by atoms with Crippen LogP contribution in [0, 0.1) is 10.8 Å². The van der Waals surface area contributed by atoms with Crippen molar-refractivity contribution in [3.05, 3.63) is 12.2 Å². The van der Waals surface area contributed by atoms with Crippen molar-refractivity contribution in [2.45, 2.75) is 92.5 Å². The molecule has 0 aliphatic carbocycles. The van der Waals surface area contributed by atoms with Crippen molar-refractivity contribution < 1.29 is 14.2 Å². The van der Waals surface area contributed by atoms with Crippen LogP contribution in [0.4, 0.5) is 0 Å². The van der Waals surface area contributed by atoms with Gasteiger partial charge in [-0.25, -0.2) is 0 Å². The van der Waals surface area contributed by atoms with E-state index in [1.165, 1.54) is 12.8 Å². The first-order valence-electron chi connectivity index (χ1n) is 9.81. The van der Waals surface area contributed by atoms with E-state index in [1.807, 2.05) is 13.8 Å². The molecule has 1 aliphatic rings. The Morgan fingerprint density at radius 2 is 1.71 bits per heavy atom. The van der Waals surface area contributed by atoms with Crippen LogP contribution in [0.25, 0.3) is 0 Å². The Hall–Kier alpha value is -0.380. The van der Waals surface area contributed by atoms with Gasteiger partial charge in [-0.3, -0.25) is 0 Å². The van der Waals surface area contributed by atoms with Crippen molar-refractivity contribution >= 4 is 0 Å². The van der Waals surface area contributed by atoms with E-state index in [0.717, 1.165) is 25.9 Å². The second kappa shape index (κ2) is 9.35. The molecule has 0 amide bonds. The molecule has 0 radical (unpaired) electrons. The Morgan fingerprint density at radius 3 is 2.17 bits per heavy atom. The lowest BCUT2D eigenvalue weighted by Gasteiger charge is -2.30. The second-order valence-corrected chi connectivity index (χ2v) is 8.16. The molecule has 0 bridgehead atoms. The van der Waals surface area contributed by atoms with Gasteiger partial charge in [0.25, 0.3) is 0 Å². The van der Waals surface area contributed by atoms with Gasteiger partial charge >= 0.3 is 0 Å². The maximum Gasteiger partial charge on any atom is 0.163 e. The topological polar surface area (TPSA) is 27.7 Å². The van der Waals surface area contributed by atoms with Crippen molar-refractivity contribution in [2.24, 2.45) is 10.8 Å². The fourth-order valence-electron chi connectivity index (χ4n) is 3.11. The van der Waals surface area contributed by atoms with Crippen LogP contribution in [-0.4, -0.2) is 31.7 Å². The molecule has 1 saturated heterocycles. The number of ether oxygens (including phenoxy) is 3. The summed E-state index contributed by atoms with van der Waals surface area (Å²) in [6, 6.07) is 0. The lowest BCUT2D eigenvalue weighted by molar-refractivity contribution is -0.146. The van der Waals surface area contributed by atoms with E-state index in [1.54, 1.807) is 0 Å². The summed E-state index contributed by atoms with van der Waals surface area (Å²) in [7, 11) is 0. The van der Waals surface area contributed by atoms with E-state index in [9.17, 15) is 0 Å². The van der Waals surface area contributed by atoms with Crippen molar-refractivity contribution in [2.75, 3.05) is 19.8 Å². The monoisotopic (exact) mass is 340 g/mol. The second-order valence-electron chi connectivity index (χ2n) is 8.16. The normalized spacial score (nSPS) is 21.7. The van der Waals surface area contributed by atoms with E-state index < -0.39 is 5.79 Å². The molecular formula is C21H40O3. The van der Waals surface area contributed by atoms with Gasteiger partial charge in [0.1, 0.15) is 6.10 Å². The molecule has 3 nitrogen and oxygen atoms in total. The summed E-state index contributed by atoms with van der Waals surface area (Å²) in [5.41, 5.74) is 0.558. The van der Waals surface area contributed by atoms with Gasteiger partial charge in [-0.15, -0.1) is 0 Å². The van der Waals surface area contributed by atoms with Gasteiger partial charge in [-0.05, 0) is 38.5 Å². The molecule has 0 aromatic heterocycles. The van der Waals surface area contributed by atoms with Crippen molar-refractivity contribution in [1.29, 1.82) is 0 Å². The fraction of sp³-hybridized carbons (Fsp3) is 0.905. The highest BCUT2D eigenvalue weighted by Crippen LogP contribution is 2.33. The summed E-state index contributed by atoms with van der Waals surface area (Å²) >= 11 is 0. The minimum Gasteiger partial charge on any atom is -0.378 e. The quantitative estimate of drug-likeness (QED) is 0.449. The van der Waals surface area contributed by atoms with Crippen LogP contribution in [0.2, 0.25) is 0 Å². The van der Waals surface area contributed by atoms with Gasteiger partial charge in [0.05, 0.1) is 19.8 Å². The van der Waals surface area contributed by atoms with Crippen LogP contribution in [-0.2, 0) is 14.2 Å². The molecule has 1 aliphatic heterocycles. The summed E-state index contributed by atoms with van der Waals surface area (Å²) in [4.78, 5) is 0. The van der Waals surface area contributed by atoms with Crippen LogP contribution in [0.5, 0.6) is 0 Å². The molecule has 1 heterocycles. The fourth-order valence-corrected chi connectivity index (χ4v) is 3.11. The van der Waals surface area contributed by atoms with Gasteiger partial charge in [0.15, 0.2) is 5.79 Å². The summed E-state index contributed by atoms with van der Waals surface area (Å²) in [5, 5.41) is 0. The first-order valence-corrected chi connectivity index (χ1v) is 9.81. The first kappa shape index (κ1) is 21.7.